The predicted octanol–water partition coefficient (Wildman–Crippen LogP) is 2.77. The van der Waals surface area contributed by atoms with Crippen LogP contribution in [0.4, 0.5) is 13.2 Å². The van der Waals surface area contributed by atoms with E-state index in [1.54, 1.807) is 0 Å². The number of hydrogen-bond acceptors (Lipinski definition) is 3. The molecule has 0 bridgehead atoms. The molecule has 0 saturated heterocycles. The van der Waals surface area contributed by atoms with Gasteiger partial charge in [0.25, 0.3) is 5.24 Å². The Morgan fingerprint density at radius 3 is 2.35 bits per heavy atom. The maximum atomic E-state index is 12.6. The number of rotatable bonds is 2. The quantitative estimate of drug-likeness (QED) is 0.607. The van der Waals surface area contributed by atoms with E-state index in [0.29, 0.717) is 12.1 Å². The molecule has 0 N–H and O–H groups in total. The molecule has 0 aliphatic rings. The third-order valence-corrected chi connectivity index (χ3v) is 2.16. The van der Waals surface area contributed by atoms with E-state index in [9.17, 15) is 22.8 Å². The van der Waals surface area contributed by atoms with Crippen LogP contribution in [0.2, 0.25) is 0 Å². The van der Waals surface area contributed by atoms with Crippen molar-refractivity contribution in [3.05, 3.63) is 34.4 Å². The number of carbonyl (C=O) groups is 2. The van der Waals surface area contributed by atoms with Gasteiger partial charge < -0.3 is 0 Å². The Balaban J connectivity index is 3.65. The molecule has 3 nitrogen and oxygen atoms in total. The van der Waals surface area contributed by atoms with Crippen molar-refractivity contribution in [2.45, 2.75) is 6.18 Å². The van der Waals surface area contributed by atoms with Gasteiger partial charge >= 0.3 is 6.18 Å². The molecule has 0 aliphatic carbocycles. The summed E-state index contributed by atoms with van der Waals surface area (Å²) in [6.45, 7) is 0. The summed E-state index contributed by atoms with van der Waals surface area (Å²) in [5.74, 6) is 0. The fourth-order valence-corrected chi connectivity index (χ4v) is 1.36. The smallest absolute Gasteiger partial charge is 0.298 e. The largest absolute Gasteiger partial charge is 0.417 e. The summed E-state index contributed by atoms with van der Waals surface area (Å²) in [6, 6.07) is 2.53. The van der Waals surface area contributed by atoms with Crippen LogP contribution in [0.25, 0.3) is 0 Å². The minimum Gasteiger partial charge on any atom is -0.298 e. The van der Waals surface area contributed by atoms with Gasteiger partial charge in [-0.05, 0) is 23.7 Å². The minimum atomic E-state index is -4.83. The second kappa shape index (κ2) is 4.55. The molecule has 0 saturated carbocycles. The Labute approximate surface area is 98.4 Å². The number of aldehydes is 1. The summed E-state index contributed by atoms with van der Waals surface area (Å²) in [4.78, 5) is 21.4. The molecule has 0 radical (unpaired) electrons. The Morgan fingerprint density at radius 2 is 2.00 bits per heavy atom. The lowest BCUT2D eigenvalue weighted by molar-refractivity contribution is -0.137. The topological polar surface area (TPSA) is 57.9 Å². The maximum absolute atomic E-state index is 12.6. The third kappa shape index (κ3) is 2.63. The number of hydrogen-bond donors (Lipinski definition) is 0. The van der Waals surface area contributed by atoms with Crippen molar-refractivity contribution >= 4 is 23.1 Å². The molecular weight excluding hydrogens is 259 g/mol. The first kappa shape index (κ1) is 13.2. The highest BCUT2D eigenvalue weighted by molar-refractivity contribution is 6.68. The average Bonchev–Trinajstić information content (AvgIpc) is 2.25. The summed E-state index contributed by atoms with van der Waals surface area (Å²) >= 11 is 5.00. The van der Waals surface area contributed by atoms with Gasteiger partial charge in [0.2, 0.25) is 0 Å². The third-order valence-electron chi connectivity index (χ3n) is 1.95. The van der Waals surface area contributed by atoms with Crippen LogP contribution in [0.15, 0.2) is 12.1 Å². The van der Waals surface area contributed by atoms with Crippen LogP contribution in [0.3, 0.4) is 0 Å². The Bertz CT molecular complexity index is 532. The highest BCUT2D eigenvalue weighted by Crippen LogP contribution is 2.34. The number of halogens is 4. The van der Waals surface area contributed by atoms with Crippen LogP contribution in [-0.4, -0.2) is 11.5 Å². The number of alkyl halides is 3. The predicted molar refractivity (Wildman–Crippen MR) is 51.7 cm³/mol. The molecule has 0 amide bonds. The molecule has 0 fully saturated rings. The summed E-state index contributed by atoms with van der Waals surface area (Å²) in [6.07, 6.45) is -4.64. The SMILES string of the molecule is N#Cc1cc(C(F)(F)F)c(C(=O)Cl)cc1C=O. The van der Waals surface area contributed by atoms with Crippen LogP contribution in [0.1, 0.15) is 31.8 Å². The Hall–Kier alpha value is -1.87. The molecule has 1 rings (SSSR count). The Kier molecular flexibility index (Phi) is 3.53. The molecule has 0 unspecified atom stereocenters. The van der Waals surface area contributed by atoms with Gasteiger partial charge in [-0.2, -0.15) is 18.4 Å². The fourth-order valence-electron chi connectivity index (χ4n) is 1.21. The zero-order chi connectivity index (χ0) is 13.2. The van der Waals surface area contributed by atoms with Crippen molar-refractivity contribution in [3.63, 3.8) is 0 Å². The van der Waals surface area contributed by atoms with Gasteiger partial charge in [-0.25, -0.2) is 0 Å². The number of carbonyl (C=O) groups excluding carboxylic acids is 2. The van der Waals surface area contributed by atoms with E-state index in [-0.39, 0.29) is 11.8 Å². The molecular formula is C10H3ClF3NO2. The van der Waals surface area contributed by atoms with Crippen LogP contribution in [0.5, 0.6) is 0 Å². The summed E-state index contributed by atoms with van der Waals surface area (Å²) in [5, 5.41) is 7.23. The van der Waals surface area contributed by atoms with Crippen molar-refractivity contribution in [1.82, 2.24) is 0 Å². The molecule has 17 heavy (non-hydrogen) atoms. The lowest BCUT2D eigenvalue weighted by atomic mass is 9.99. The van der Waals surface area contributed by atoms with Gasteiger partial charge in [0.05, 0.1) is 17.2 Å². The number of nitrogens with zero attached hydrogens (tertiary/aromatic N) is 1. The van der Waals surface area contributed by atoms with Crippen LogP contribution >= 0.6 is 11.6 Å². The monoisotopic (exact) mass is 261 g/mol. The van der Waals surface area contributed by atoms with Crippen LogP contribution in [-0.2, 0) is 6.18 Å². The Morgan fingerprint density at radius 1 is 1.41 bits per heavy atom. The van der Waals surface area contributed by atoms with E-state index < -0.39 is 28.1 Å². The first-order chi connectivity index (χ1) is 7.81. The van der Waals surface area contributed by atoms with Crippen molar-refractivity contribution < 1.29 is 22.8 Å². The van der Waals surface area contributed by atoms with Gasteiger partial charge in [0.1, 0.15) is 0 Å². The number of benzene rings is 1. The van der Waals surface area contributed by atoms with Crippen molar-refractivity contribution in [2.24, 2.45) is 0 Å². The highest BCUT2D eigenvalue weighted by atomic mass is 35.5. The first-order valence-corrected chi connectivity index (χ1v) is 4.49. The zero-order valence-electron chi connectivity index (χ0n) is 8.01. The maximum Gasteiger partial charge on any atom is 0.417 e. The molecule has 88 valence electrons. The second-order valence-corrected chi connectivity index (χ2v) is 3.33. The van der Waals surface area contributed by atoms with Gasteiger partial charge in [-0.3, -0.25) is 9.59 Å². The number of nitriles is 1. The standard InChI is InChI=1S/C10H3ClF3NO2/c11-9(17)7-1-6(4-16)5(3-15)2-8(7)10(12,13)14/h1-2,4H. The minimum absolute atomic E-state index is 0.183. The van der Waals surface area contributed by atoms with E-state index in [2.05, 4.69) is 0 Å². The molecule has 0 aromatic heterocycles. The zero-order valence-corrected chi connectivity index (χ0v) is 8.76. The fraction of sp³-hybridized carbons (Fsp3) is 0.100. The van der Waals surface area contributed by atoms with Gasteiger partial charge in [-0.1, -0.05) is 0 Å². The lowest BCUT2D eigenvalue weighted by Crippen LogP contribution is -2.12. The van der Waals surface area contributed by atoms with Crippen molar-refractivity contribution in [1.29, 1.82) is 5.26 Å². The van der Waals surface area contributed by atoms with E-state index in [4.69, 9.17) is 16.9 Å². The molecule has 1 aromatic carbocycles. The molecule has 0 atom stereocenters. The van der Waals surface area contributed by atoms with Gasteiger partial charge in [0, 0.05) is 11.1 Å². The van der Waals surface area contributed by atoms with Crippen LogP contribution in [0, 0.1) is 11.3 Å². The molecule has 0 heterocycles. The van der Waals surface area contributed by atoms with E-state index in [1.165, 1.54) is 6.07 Å². The average molecular weight is 262 g/mol. The second-order valence-electron chi connectivity index (χ2n) is 2.99. The van der Waals surface area contributed by atoms with E-state index in [0.717, 1.165) is 0 Å². The summed E-state index contributed by atoms with van der Waals surface area (Å²) in [5.41, 5.74) is -2.96. The van der Waals surface area contributed by atoms with Gasteiger partial charge in [0.15, 0.2) is 6.29 Å². The molecule has 1 aromatic rings. The summed E-state index contributed by atoms with van der Waals surface area (Å²) < 4.78 is 37.7. The van der Waals surface area contributed by atoms with E-state index >= 15 is 0 Å². The van der Waals surface area contributed by atoms with E-state index in [1.807, 2.05) is 0 Å². The van der Waals surface area contributed by atoms with Crippen molar-refractivity contribution in [3.8, 4) is 6.07 Å². The molecule has 0 spiro atoms. The normalized spacial score (nSPS) is 10.8. The van der Waals surface area contributed by atoms with Crippen LogP contribution < -0.4 is 0 Å². The van der Waals surface area contributed by atoms with Gasteiger partial charge in [-0.15, -0.1) is 0 Å². The highest BCUT2D eigenvalue weighted by Gasteiger charge is 2.36. The van der Waals surface area contributed by atoms with Crippen molar-refractivity contribution in [2.75, 3.05) is 0 Å². The first-order valence-electron chi connectivity index (χ1n) is 4.11. The summed E-state index contributed by atoms with van der Waals surface area (Å²) in [7, 11) is 0. The lowest BCUT2D eigenvalue weighted by Gasteiger charge is -2.11. The molecule has 0 aliphatic heterocycles. The molecule has 7 heteroatoms.